The topological polar surface area (TPSA) is 75.7 Å². The van der Waals surface area contributed by atoms with E-state index in [1.54, 1.807) is 0 Å². The highest BCUT2D eigenvalue weighted by atomic mass is 31.2. The molecule has 0 amide bonds. The van der Waals surface area contributed by atoms with Gasteiger partial charge in [0.1, 0.15) is 12.0 Å². The van der Waals surface area contributed by atoms with E-state index in [0.717, 1.165) is 12.8 Å². The Bertz CT molecular complexity index is 573. The lowest BCUT2D eigenvalue weighted by Gasteiger charge is -2.23. The van der Waals surface area contributed by atoms with Crippen molar-refractivity contribution >= 4 is 14.1 Å². The Hall–Kier alpha value is -1.16. The molecule has 1 atom stereocenters. The van der Waals surface area contributed by atoms with Gasteiger partial charge in [0.05, 0.1) is 6.61 Å². The van der Waals surface area contributed by atoms with E-state index in [1.807, 2.05) is 0 Å². The van der Waals surface area contributed by atoms with E-state index in [4.69, 9.17) is 9.05 Å². The van der Waals surface area contributed by atoms with Gasteiger partial charge in [-0.2, -0.15) is 0 Å². The summed E-state index contributed by atoms with van der Waals surface area (Å²) < 4.78 is 21.6. The molecular formula is C23H38O5P-. The van der Waals surface area contributed by atoms with Crippen molar-refractivity contribution in [2.75, 3.05) is 6.61 Å². The van der Waals surface area contributed by atoms with Gasteiger partial charge in [-0.1, -0.05) is 90.4 Å². The number of phosphoric ester groups is 1. The quantitative estimate of drug-likeness (QED) is 0.138. The monoisotopic (exact) mass is 425 g/mol. The fourth-order valence-corrected chi connectivity index (χ4v) is 4.02. The van der Waals surface area contributed by atoms with E-state index in [1.165, 1.54) is 94.9 Å². The largest absolute Gasteiger partial charge is 0.746 e. The predicted octanol–water partition coefficient (Wildman–Crippen LogP) is 6.84. The molecule has 0 aliphatic rings. The van der Waals surface area contributed by atoms with Crippen molar-refractivity contribution in [3.05, 3.63) is 29.8 Å². The smallest absolute Gasteiger partial charge is 0.319 e. The maximum Gasteiger partial charge on any atom is 0.319 e. The Labute approximate surface area is 176 Å². The second-order valence-electron chi connectivity index (χ2n) is 7.65. The van der Waals surface area contributed by atoms with Crippen LogP contribution in [0.15, 0.2) is 24.3 Å². The van der Waals surface area contributed by atoms with Gasteiger partial charge < -0.3 is 13.9 Å². The van der Waals surface area contributed by atoms with Gasteiger partial charge in [0.15, 0.2) is 0 Å². The van der Waals surface area contributed by atoms with Crippen molar-refractivity contribution in [1.29, 1.82) is 0 Å². The van der Waals surface area contributed by atoms with Crippen molar-refractivity contribution in [2.24, 2.45) is 0 Å². The maximum absolute atomic E-state index is 11.8. The molecule has 6 heteroatoms. The molecular weight excluding hydrogens is 387 g/mol. The standard InChI is InChI=1S/C23H39O5P/c1-2-3-4-5-6-7-8-9-10-11-12-13-14-15-20-27-29(25,26)28-23-18-16-22(21-24)17-19-23/h16-19,21H,2-15,20H2,1H3,(H,25,26)/p-1. The summed E-state index contributed by atoms with van der Waals surface area (Å²) >= 11 is 0. The summed E-state index contributed by atoms with van der Waals surface area (Å²) in [6.07, 6.45) is 18.2. The van der Waals surface area contributed by atoms with Crippen LogP contribution in [0.25, 0.3) is 0 Å². The van der Waals surface area contributed by atoms with Crippen molar-refractivity contribution in [3.63, 3.8) is 0 Å². The van der Waals surface area contributed by atoms with Crippen molar-refractivity contribution < 1.29 is 23.3 Å². The van der Waals surface area contributed by atoms with E-state index in [-0.39, 0.29) is 12.4 Å². The minimum absolute atomic E-state index is 0.144. The molecule has 29 heavy (non-hydrogen) atoms. The highest BCUT2D eigenvalue weighted by molar-refractivity contribution is 7.46. The van der Waals surface area contributed by atoms with Crippen LogP contribution in [-0.2, 0) is 9.09 Å². The first kappa shape index (κ1) is 25.9. The number of carbonyl (C=O) groups excluding carboxylic acids is 1. The van der Waals surface area contributed by atoms with Gasteiger partial charge in [0.25, 0.3) is 0 Å². The first-order valence-corrected chi connectivity index (χ1v) is 12.7. The molecule has 0 heterocycles. The van der Waals surface area contributed by atoms with E-state index in [2.05, 4.69) is 6.92 Å². The van der Waals surface area contributed by atoms with Gasteiger partial charge in [0, 0.05) is 5.56 Å². The molecule has 1 aromatic rings. The van der Waals surface area contributed by atoms with Crippen LogP contribution in [0.4, 0.5) is 0 Å². The molecule has 0 N–H and O–H groups in total. The van der Waals surface area contributed by atoms with Crippen LogP contribution in [0.3, 0.4) is 0 Å². The number of aldehydes is 1. The fraction of sp³-hybridized carbons (Fsp3) is 0.696. The van der Waals surface area contributed by atoms with Gasteiger partial charge >= 0.3 is 7.82 Å². The first-order valence-electron chi connectivity index (χ1n) is 11.3. The average molecular weight is 426 g/mol. The number of benzene rings is 1. The highest BCUT2D eigenvalue weighted by Crippen LogP contribution is 2.39. The molecule has 5 nitrogen and oxygen atoms in total. The average Bonchev–Trinajstić information content (AvgIpc) is 2.71. The summed E-state index contributed by atoms with van der Waals surface area (Å²) in [7, 11) is -4.36. The van der Waals surface area contributed by atoms with Crippen LogP contribution in [0, 0.1) is 0 Å². The third-order valence-corrected chi connectivity index (χ3v) is 5.91. The molecule has 166 valence electrons. The summed E-state index contributed by atoms with van der Waals surface area (Å²) in [6.45, 7) is 2.40. The SMILES string of the molecule is CCCCCCCCCCCCCCCCOP(=O)([O-])Oc1ccc(C=O)cc1. The summed E-state index contributed by atoms with van der Waals surface area (Å²) in [6, 6.07) is 5.86. The Morgan fingerprint density at radius 3 is 1.69 bits per heavy atom. The second-order valence-corrected chi connectivity index (χ2v) is 8.99. The Kier molecular flexibility index (Phi) is 14.8. The van der Waals surface area contributed by atoms with Gasteiger partial charge in [0.2, 0.25) is 0 Å². The molecule has 0 fully saturated rings. The van der Waals surface area contributed by atoms with Crippen molar-refractivity contribution in [2.45, 2.75) is 96.8 Å². The van der Waals surface area contributed by atoms with Crippen LogP contribution in [0.2, 0.25) is 0 Å². The number of rotatable bonds is 19. The number of hydrogen-bond donors (Lipinski definition) is 0. The molecule has 0 saturated heterocycles. The molecule has 0 radical (unpaired) electrons. The fourth-order valence-electron chi connectivity index (χ4n) is 3.24. The Morgan fingerprint density at radius 1 is 0.793 bits per heavy atom. The lowest BCUT2D eigenvalue weighted by molar-refractivity contribution is -0.217. The zero-order valence-electron chi connectivity index (χ0n) is 18.0. The van der Waals surface area contributed by atoms with Crippen LogP contribution in [0.1, 0.15) is 107 Å². The van der Waals surface area contributed by atoms with Gasteiger partial charge in [-0.3, -0.25) is 9.36 Å². The molecule has 0 aliphatic heterocycles. The van der Waals surface area contributed by atoms with E-state index < -0.39 is 7.82 Å². The van der Waals surface area contributed by atoms with Crippen molar-refractivity contribution in [1.82, 2.24) is 0 Å². The summed E-state index contributed by atoms with van der Waals surface area (Å²) in [5.41, 5.74) is 0.460. The molecule has 0 aromatic heterocycles. The van der Waals surface area contributed by atoms with Crippen LogP contribution < -0.4 is 9.42 Å². The molecule has 0 aliphatic carbocycles. The molecule has 0 spiro atoms. The normalized spacial score (nSPS) is 13.2. The highest BCUT2D eigenvalue weighted by Gasteiger charge is 2.11. The number of unbranched alkanes of at least 4 members (excludes halogenated alkanes) is 13. The third kappa shape index (κ3) is 14.5. The molecule has 1 aromatic carbocycles. The first-order chi connectivity index (χ1) is 14.1. The second kappa shape index (κ2) is 16.6. The van der Waals surface area contributed by atoms with Crippen LogP contribution in [0.5, 0.6) is 5.75 Å². The van der Waals surface area contributed by atoms with Gasteiger partial charge in [-0.15, -0.1) is 0 Å². The van der Waals surface area contributed by atoms with Crippen molar-refractivity contribution in [3.8, 4) is 5.75 Å². The lowest BCUT2D eigenvalue weighted by Crippen LogP contribution is -2.11. The number of carbonyl (C=O) groups is 1. The van der Waals surface area contributed by atoms with E-state index in [9.17, 15) is 14.3 Å². The summed E-state index contributed by atoms with van der Waals surface area (Å²) in [4.78, 5) is 22.4. The number of hydrogen-bond acceptors (Lipinski definition) is 5. The molecule has 0 bridgehead atoms. The zero-order chi connectivity index (χ0) is 21.2. The zero-order valence-corrected chi connectivity index (χ0v) is 18.9. The predicted molar refractivity (Wildman–Crippen MR) is 116 cm³/mol. The Morgan fingerprint density at radius 2 is 1.24 bits per heavy atom. The van der Waals surface area contributed by atoms with Gasteiger partial charge in [-0.25, -0.2) is 0 Å². The minimum atomic E-state index is -4.36. The van der Waals surface area contributed by atoms with Crippen LogP contribution >= 0.6 is 7.82 Å². The maximum atomic E-state index is 11.8. The molecule has 1 rings (SSSR count). The third-order valence-electron chi connectivity index (χ3n) is 4.98. The molecule has 1 unspecified atom stereocenters. The van der Waals surface area contributed by atoms with Crippen LogP contribution in [-0.4, -0.2) is 12.9 Å². The summed E-state index contributed by atoms with van der Waals surface area (Å²) in [5, 5.41) is 0. The minimum Gasteiger partial charge on any atom is -0.746 e. The van der Waals surface area contributed by atoms with E-state index >= 15 is 0 Å². The lowest BCUT2D eigenvalue weighted by atomic mass is 10.0. The molecule has 0 saturated carbocycles. The van der Waals surface area contributed by atoms with Gasteiger partial charge in [-0.05, 0) is 30.7 Å². The number of phosphoric acid groups is 1. The Balaban J connectivity index is 1.93. The summed E-state index contributed by atoms with van der Waals surface area (Å²) in [5.74, 6) is 0.148. The van der Waals surface area contributed by atoms with E-state index in [0.29, 0.717) is 18.3 Å².